The van der Waals surface area contributed by atoms with Crippen molar-refractivity contribution in [1.82, 2.24) is 5.32 Å². The Morgan fingerprint density at radius 3 is 2.64 bits per heavy atom. The molecular formula is C20H26IN3O. The van der Waals surface area contributed by atoms with E-state index in [0.29, 0.717) is 19.1 Å². The van der Waals surface area contributed by atoms with Crippen molar-refractivity contribution < 1.29 is 4.74 Å². The highest BCUT2D eigenvalue weighted by Crippen LogP contribution is 2.31. The lowest BCUT2D eigenvalue weighted by atomic mass is 10.0. The van der Waals surface area contributed by atoms with Gasteiger partial charge in [0.15, 0.2) is 5.96 Å². The molecule has 0 saturated heterocycles. The van der Waals surface area contributed by atoms with Crippen LogP contribution < -0.4 is 15.8 Å². The van der Waals surface area contributed by atoms with Gasteiger partial charge in [0.25, 0.3) is 0 Å². The van der Waals surface area contributed by atoms with Gasteiger partial charge in [0.2, 0.25) is 0 Å². The van der Waals surface area contributed by atoms with E-state index in [2.05, 4.69) is 47.6 Å². The molecule has 0 aromatic heterocycles. The number of para-hydroxylation sites is 1. The average Bonchev–Trinajstić information content (AvgIpc) is 2.63. The summed E-state index contributed by atoms with van der Waals surface area (Å²) in [5.41, 5.74) is 9.87. The van der Waals surface area contributed by atoms with Crippen LogP contribution in [-0.2, 0) is 12.8 Å². The van der Waals surface area contributed by atoms with Crippen LogP contribution >= 0.6 is 24.0 Å². The highest BCUT2D eigenvalue weighted by atomic mass is 127. The van der Waals surface area contributed by atoms with Crippen LogP contribution in [0.2, 0.25) is 0 Å². The molecule has 1 aliphatic rings. The second-order valence-electron chi connectivity index (χ2n) is 6.06. The van der Waals surface area contributed by atoms with Crippen molar-refractivity contribution >= 4 is 29.9 Å². The first-order valence-corrected chi connectivity index (χ1v) is 8.62. The molecule has 0 bridgehead atoms. The summed E-state index contributed by atoms with van der Waals surface area (Å²) in [5, 5.41) is 3.33. The Kier molecular flexibility index (Phi) is 7.55. The van der Waals surface area contributed by atoms with E-state index in [1.807, 2.05) is 18.2 Å². The lowest BCUT2D eigenvalue weighted by molar-refractivity contribution is 0.262. The number of nitrogens with two attached hydrogens (primary N) is 1. The van der Waals surface area contributed by atoms with Gasteiger partial charge < -0.3 is 15.8 Å². The predicted molar refractivity (Wildman–Crippen MR) is 114 cm³/mol. The molecule has 2 aromatic carbocycles. The zero-order chi connectivity index (χ0) is 16.8. The Labute approximate surface area is 166 Å². The molecule has 25 heavy (non-hydrogen) atoms. The minimum absolute atomic E-state index is 0. The number of fused-ring (bicyclic) bond motifs is 1. The minimum atomic E-state index is 0. The van der Waals surface area contributed by atoms with Crippen molar-refractivity contribution in [2.24, 2.45) is 10.7 Å². The Bertz CT molecular complexity index is 700. The summed E-state index contributed by atoms with van der Waals surface area (Å²) in [6.07, 6.45) is 2.87. The van der Waals surface area contributed by atoms with Gasteiger partial charge in [-0.2, -0.15) is 0 Å². The summed E-state index contributed by atoms with van der Waals surface area (Å²) in [7, 11) is 0. The number of guanidine groups is 1. The SMILES string of the molecule is CCc1ccc(CCN=C(N)NC2CCOc3ccccc32)cc1.I. The van der Waals surface area contributed by atoms with Gasteiger partial charge in [-0.25, -0.2) is 0 Å². The van der Waals surface area contributed by atoms with E-state index < -0.39 is 0 Å². The fraction of sp³-hybridized carbons (Fsp3) is 0.350. The molecule has 1 atom stereocenters. The molecule has 0 fully saturated rings. The van der Waals surface area contributed by atoms with Gasteiger partial charge in [0, 0.05) is 18.5 Å². The number of aliphatic imine (C=N–C) groups is 1. The fourth-order valence-electron chi connectivity index (χ4n) is 2.96. The number of benzene rings is 2. The van der Waals surface area contributed by atoms with E-state index in [-0.39, 0.29) is 30.0 Å². The van der Waals surface area contributed by atoms with Crippen molar-refractivity contribution in [3.63, 3.8) is 0 Å². The third kappa shape index (κ3) is 5.36. The van der Waals surface area contributed by atoms with E-state index in [9.17, 15) is 0 Å². The molecule has 134 valence electrons. The summed E-state index contributed by atoms with van der Waals surface area (Å²) in [6.45, 7) is 3.56. The van der Waals surface area contributed by atoms with Gasteiger partial charge >= 0.3 is 0 Å². The van der Waals surface area contributed by atoms with Gasteiger partial charge in [-0.15, -0.1) is 24.0 Å². The molecule has 4 nitrogen and oxygen atoms in total. The lowest BCUT2D eigenvalue weighted by Crippen LogP contribution is -2.37. The third-order valence-corrected chi connectivity index (χ3v) is 4.39. The maximum absolute atomic E-state index is 6.07. The number of halogens is 1. The number of nitrogens with zero attached hydrogens (tertiary/aromatic N) is 1. The van der Waals surface area contributed by atoms with Crippen LogP contribution in [0.5, 0.6) is 5.75 Å². The first-order valence-electron chi connectivity index (χ1n) is 8.62. The smallest absolute Gasteiger partial charge is 0.189 e. The predicted octanol–water partition coefficient (Wildman–Crippen LogP) is 3.84. The van der Waals surface area contributed by atoms with Crippen LogP contribution in [0.1, 0.15) is 36.1 Å². The second-order valence-corrected chi connectivity index (χ2v) is 6.06. The summed E-state index contributed by atoms with van der Waals surface area (Å²) in [6, 6.07) is 17.0. The Morgan fingerprint density at radius 1 is 1.16 bits per heavy atom. The molecule has 5 heteroatoms. The minimum Gasteiger partial charge on any atom is -0.493 e. The molecule has 2 aromatic rings. The zero-order valence-electron chi connectivity index (χ0n) is 14.6. The fourth-order valence-corrected chi connectivity index (χ4v) is 2.96. The topological polar surface area (TPSA) is 59.6 Å². The van der Waals surface area contributed by atoms with Crippen LogP contribution in [-0.4, -0.2) is 19.1 Å². The Balaban J connectivity index is 0.00000225. The monoisotopic (exact) mass is 451 g/mol. The molecule has 0 aliphatic carbocycles. The summed E-state index contributed by atoms with van der Waals surface area (Å²) >= 11 is 0. The largest absolute Gasteiger partial charge is 0.493 e. The van der Waals surface area contributed by atoms with Crippen LogP contribution in [0.25, 0.3) is 0 Å². The Morgan fingerprint density at radius 2 is 1.88 bits per heavy atom. The van der Waals surface area contributed by atoms with E-state index in [0.717, 1.165) is 30.6 Å². The molecule has 1 unspecified atom stereocenters. The summed E-state index contributed by atoms with van der Waals surface area (Å²) in [5.74, 6) is 1.44. The van der Waals surface area contributed by atoms with Crippen LogP contribution in [0, 0.1) is 0 Å². The highest BCUT2D eigenvalue weighted by Gasteiger charge is 2.21. The van der Waals surface area contributed by atoms with Gasteiger partial charge in [-0.05, 0) is 30.0 Å². The van der Waals surface area contributed by atoms with Crippen molar-refractivity contribution in [2.75, 3.05) is 13.2 Å². The van der Waals surface area contributed by atoms with E-state index >= 15 is 0 Å². The molecule has 3 N–H and O–H groups in total. The average molecular weight is 451 g/mol. The maximum Gasteiger partial charge on any atom is 0.189 e. The van der Waals surface area contributed by atoms with Gasteiger partial charge in [-0.1, -0.05) is 49.4 Å². The van der Waals surface area contributed by atoms with Gasteiger partial charge in [-0.3, -0.25) is 4.99 Å². The van der Waals surface area contributed by atoms with Crippen molar-refractivity contribution in [1.29, 1.82) is 0 Å². The first kappa shape index (κ1) is 19.6. The Hall–Kier alpha value is -1.76. The summed E-state index contributed by atoms with van der Waals surface area (Å²) < 4.78 is 5.67. The van der Waals surface area contributed by atoms with Crippen LogP contribution in [0.3, 0.4) is 0 Å². The molecular weight excluding hydrogens is 425 g/mol. The quantitative estimate of drug-likeness (QED) is 0.413. The number of nitrogens with one attached hydrogen (secondary N) is 1. The first-order chi connectivity index (χ1) is 11.8. The zero-order valence-corrected chi connectivity index (χ0v) is 16.9. The molecule has 0 saturated carbocycles. The van der Waals surface area contributed by atoms with Gasteiger partial charge in [0.05, 0.1) is 12.6 Å². The van der Waals surface area contributed by atoms with Gasteiger partial charge in [0.1, 0.15) is 5.75 Å². The molecule has 0 radical (unpaired) electrons. The number of rotatable bonds is 5. The molecule has 1 aliphatic heterocycles. The normalized spacial score (nSPS) is 16.4. The van der Waals surface area contributed by atoms with Crippen molar-refractivity contribution in [2.45, 2.75) is 32.2 Å². The van der Waals surface area contributed by atoms with Crippen molar-refractivity contribution in [3.05, 3.63) is 65.2 Å². The molecule has 1 heterocycles. The lowest BCUT2D eigenvalue weighted by Gasteiger charge is -2.26. The second kappa shape index (κ2) is 9.65. The number of ether oxygens (including phenoxy) is 1. The molecule has 0 spiro atoms. The number of aryl methyl sites for hydroxylation is 1. The third-order valence-electron chi connectivity index (χ3n) is 4.39. The van der Waals surface area contributed by atoms with Crippen LogP contribution in [0.15, 0.2) is 53.5 Å². The standard InChI is InChI=1S/C20H25N3O.HI/c1-2-15-7-9-16(10-8-15)11-13-22-20(21)23-18-12-14-24-19-6-4-3-5-17(18)19;/h3-10,18H,2,11-14H2,1H3,(H3,21,22,23);1H. The molecule has 3 rings (SSSR count). The summed E-state index contributed by atoms with van der Waals surface area (Å²) in [4.78, 5) is 4.47. The van der Waals surface area contributed by atoms with E-state index in [1.54, 1.807) is 0 Å². The maximum atomic E-state index is 6.07. The highest BCUT2D eigenvalue weighted by molar-refractivity contribution is 14.0. The van der Waals surface area contributed by atoms with Crippen molar-refractivity contribution in [3.8, 4) is 5.75 Å². The number of hydrogen-bond donors (Lipinski definition) is 2. The molecule has 0 amide bonds. The van der Waals surface area contributed by atoms with Crippen LogP contribution in [0.4, 0.5) is 0 Å². The van der Waals surface area contributed by atoms with E-state index in [1.165, 1.54) is 11.1 Å². The van der Waals surface area contributed by atoms with E-state index in [4.69, 9.17) is 10.5 Å². The number of hydrogen-bond acceptors (Lipinski definition) is 2.